The Kier molecular flexibility index (Phi) is 11.7. The summed E-state index contributed by atoms with van der Waals surface area (Å²) in [6.45, 7) is 10.2. The summed E-state index contributed by atoms with van der Waals surface area (Å²) >= 11 is 0. The molecule has 0 heterocycles. The molecule has 42 heavy (non-hydrogen) atoms. The van der Waals surface area contributed by atoms with E-state index in [0.29, 0.717) is 18.5 Å². The maximum atomic E-state index is 14.0. The Morgan fingerprint density at radius 2 is 1.55 bits per heavy atom. The largest absolute Gasteiger partial charge is 0.352 e. The van der Waals surface area contributed by atoms with E-state index in [1.807, 2.05) is 107 Å². The first-order valence-corrected chi connectivity index (χ1v) is 16.5. The van der Waals surface area contributed by atoms with Gasteiger partial charge in [-0.3, -0.25) is 13.9 Å². The van der Waals surface area contributed by atoms with Gasteiger partial charge in [0.1, 0.15) is 6.04 Å². The van der Waals surface area contributed by atoms with Crippen LogP contribution in [0.5, 0.6) is 0 Å². The molecule has 0 aliphatic carbocycles. The third kappa shape index (κ3) is 9.44. The van der Waals surface area contributed by atoms with Crippen LogP contribution >= 0.6 is 0 Å². The minimum atomic E-state index is -3.57. The zero-order valence-electron chi connectivity index (χ0n) is 25.8. The van der Waals surface area contributed by atoms with Gasteiger partial charge in [0.2, 0.25) is 21.8 Å². The van der Waals surface area contributed by atoms with Gasteiger partial charge in [-0.05, 0) is 68.9 Å². The highest BCUT2D eigenvalue weighted by Crippen LogP contribution is 2.25. The number of benzene rings is 3. The van der Waals surface area contributed by atoms with Gasteiger partial charge in [0, 0.05) is 32.0 Å². The van der Waals surface area contributed by atoms with Gasteiger partial charge in [0.25, 0.3) is 0 Å². The van der Waals surface area contributed by atoms with Crippen molar-refractivity contribution in [3.8, 4) is 0 Å². The Labute approximate surface area is 252 Å². The highest BCUT2D eigenvalue weighted by atomic mass is 32.2. The first-order chi connectivity index (χ1) is 19.9. The molecule has 0 aliphatic rings. The van der Waals surface area contributed by atoms with Gasteiger partial charge in [0.15, 0.2) is 0 Å². The van der Waals surface area contributed by atoms with Crippen LogP contribution in [-0.2, 0) is 32.6 Å². The first-order valence-electron chi connectivity index (χ1n) is 14.6. The van der Waals surface area contributed by atoms with Gasteiger partial charge in [-0.15, -0.1) is 0 Å². The van der Waals surface area contributed by atoms with E-state index in [0.717, 1.165) is 34.2 Å². The summed E-state index contributed by atoms with van der Waals surface area (Å²) in [6.07, 6.45) is 2.75. The Hall–Kier alpha value is -3.65. The van der Waals surface area contributed by atoms with Gasteiger partial charge in [0.05, 0.1) is 11.9 Å². The van der Waals surface area contributed by atoms with Crippen molar-refractivity contribution >= 4 is 27.5 Å². The molecular weight excluding hydrogens is 546 g/mol. The minimum absolute atomic E-state index is 0.0346. The molecule has 0 unspecified atom stereocenters. The molecule has 3 aromatic carbocycles. The van der Waals surface area contributed by atoms with E-state index in [9.17, 15) is 18.0 Å². The number of amides is 2. The third-order valence-electron chi connectivity index (χ3n) is 7.49. The lowest BCUT2D eigenvalue weighted by Gasteiger charge is -2.33. The molecule has 0 bridgehead atoms. The topological polar surface area (TPSA) is 86.8 Å². The lowest BCUT2D eigenvalue weighted by atomic mass is 10.0. The van der Waals surface area contributed by atoms with E-state index in [2.05, 4.69) is 5.32 Å². The highest BCUT2D eigenvalue weighted by Gasteiger charge is 2.31. The second kappa shape index (κ2) is 15.0. The van der Waals surface area contributed by atoms with E-state index < -0.39 is 16.1 Å². The summed E-state index contributed by atoms with van der Waals surface area (Å²) in [5.74, 6) is -0.381. The van der Waals surface area contributed by atoms with Gasteiger partial charge in [-0.2, -0.15) is 0 Å². The van der Waals surface area contributed by atoms with Crippen LogP contribution in [0.15, 0.2) is 72.8 Å². The molecule has 0 radical (unpaired) electrons. The van der Waals surface area contributed by atoms with Crippen molar-refractivity contribution in [2.24, 2.45) is 0 Å². The smallest absolute Gasteiger partial charge is 0.243 e. The van der Waals surface area contributed by atoms with Crippen molar-refractivity contribution in [1.82, 2.24) is 10.2 Å². The maximum Gasteiger partial charge on any atom is 0.243 e. The maximum absolute atomic E-state index is 14.0. The normalized spacial score (nSPS) is 12.8. The number of sulfonamides is 1. The number of aryl methyl sites for hydroxylation is 3. The van der Waals surface area contributed by atoms with Crippen LogP contribution < -0.4 is 9.62 Å². The van der Waals surface area contributed by atoms with Crippen molar-refractivity contribution in [3.05, 3.63) is 101 Å². The zero-order chi connectivity index (χ0) is 30.9. The Bertz CT molecular complexity index is 1460. The molecule has 0 spiro atoms. The van der Waals surface area contributed by atoms with E-state index >= 15 is 0 Å². The van der Waals surface area contributed by atoms with Gasteiger partial charge in [-0.1, -0.05) is 79.2 Å². The predicted octanol–water partition coefficient (Wildman–Crippen LogP) is 5.71. The molecule has 3 aromatic rings. The average Bonchev–Trinajstić information content (AvgIpc) is 2.94. The minimum Gasteiger partial charge on any atom is -0.352 e. The van der Waals surface area contributed by atoms with E-state index in [-0.39, 0.29) is 37.4 Å². The van der Waals surface area contributed by atoms with Crippen molar-refractivity contribution in [1.29, 1.82) is 0 Å². The fourth-order valence-electron chi connectivity index (χ4n) is 4.97. The lowest BCUT2D eigenvalue weighted by Crippen LogP contribution is -2.52. The monoisotopic (exact) mass is 591 g/mol. The molecule has 0 saturated carbocycles. The molecule has 2 amide bonds. The van der Waals surface area contributed by atoms with Gasteiger partial charge < -0.3 is 10.2 Å². The quantitative estimate of drug-likeness (QED) is 0.260. The van der Waals surface area contributed by atoms with Crippen molar-refractivity contribution in [3.63, 3.8) is 0 Å². The molecule has 7 nitrogen and oxygen atoms in total. The number of carbonyl (C=O) groups excluding carboxylic acids is 2. The van der Waals surface area contributed by atoms with E-state index in [1.165, 1.54) is 10.6 Å². The summed E-state index contributed by atoms with van der Waals surface area (Å²) in [7, 11) is -3.57. The molecule has 226 valence electrons. The molecule has 0 aliphatic heterocycles. The third-order valence-corrected chi connectivity index (χ3v) is 8.67. The summed E-state index contributed by atoms with van der Waals surface area (Å²) in [4.78, 5) is 29.4. The number of hydrogen-bond acceptors (Lipinski definition) is 4. The highest BCUT2D eigenvalue weighted by molar-refractivity contribution is 7.92. The summed E-state index contributed by atoms with van der Waals surface area (Å²) < 4.78 is 27.0. The Morgan fingerprint density at radius 3 is 2.19 bits per heavy atom. The van der Waals surface area contributed by atoms with E-state index in [4.69, 9.17) is 0 Å². The average molecular weight is 592 g/mol. The van der Waals surface area contributed by atoms with Gasteiger partial charge in [-0.25, -0.2) is 8.42 Å². The molecule has 0 saturated heterocycles. The molecule has 0 fully saturated rings. The van der Waals surface area contributed by atoms with Crippen LogP contribution in [0.4, 0.5) is 5.69 Å². The van der Waals surface area contributed by atoms with Crippen LogP contribution in [0.1, 0.15) is 60.9 Å². The lowest BCUT2D eigenvalue weighted by molar-refractivity contribution is -0.141. The Morgan fingerprint density at radius 1 is 0.881 bits per heavy atom. The number of carbonyl (C=O) groups is 2. The summed E-state index contributed by atoms with van der Waals surface area (Å²) in [5.41, 5.74) is 5.40. The number of nitrogens with one attached hydrogen (secondary N) is 1. The summed E-state index contributed by atoms with van der Waals surface area (Å²) in [5, 5.41) is 3.09. The van der Waals surface area contributed by atoms with Crippen LogP contribution in [0.3, 0.4) is 0 Å². The number of anilines is 1. The SMILES string of the molecule is CC[C@H](C)NC(=O)[C@H](Cc1ccccc1)N(Cc1cccc(C)c1)C(=O)CCCN(c1cc(C)ccc1C)S(C)(=O)=O. The van der Waals surface area contributed by atoms with Crippen LogP contribution in [0.2, 0.25) is 0 Å². The van der Waals surface area contributed by atoms with Crippen LogP contribution in [0, 0.1) is 20.8 Å². The zero-order valence-corrected chi connectivity index (χ0v) is 26.6. The second-order valence-corrected chi connectivity index (χ2v) is 13.2. The van der Waals surface area contributed by atoms with Crippen LogP contribution in [-0.4, -0.2) is 50.0 Å². The van der Waals surface area contributed by atoms with Gasteiger partial charge >= 0.3 is 0 Å². The molecule has 0 aromatic heterocycles. The fourth-order valence-corrected chi connectivity index (χ4v) is 5.99. The molecule has 3 rings (SSSR count). The van der Waals surface area contributed by atoms with E-state index in [1.54, 1.807) is 4.90 Å². The standard InChI is InChI=1S/C34H45N3O4S/c1-7-28(5)35-34(39)32(23-29-14-9-8-10-15-29)36(24-30-16-11-13-25(2)21-30)33(38)17-12-20-37(42(6,40)41)31-22-26(3)18-19-27(31)4/h8-11,13-16,18-19,21-22,28,32H,7,12,17,20,23-24H2,1-6H3,(H,35,39)/t28-,32-/m0/s1. The van der Waals surface area contributed by atoms with Crippen LogP contribution in [0.25, 0.3) is 0 Å². The first kappa shape index (κ1) is 32.9. The number of hydrogen-bond donors (Lipinski definition) is 1. The van der Waals surface area contributed by atoms with Crippen molar-refractivity contribution in [2.45, 2.75) is 78.9 Å². The molecule has 8 heteroatoms. The fraction of sp³-hybridized carbons (Fsp3) is 0.412. The summed E-state index contributed by atoms with van der Waals surface area (Å²) in [6, 6.07) is 22.6. The molecule has 1 N–H and O–H groups in total. The number of rotatable bonds is 14. The molecular formula is C34H45N3O4S. The predicted molar refractivity (Wildman–Crippen MR) is 171 cm³/mol. The number of nitrogens with zero attached hydrogens (tertiary/aromatic N) is 2. The Balaban J connectivity index is 1.91. The second-order valence-electron chi connectivity index (χ2n) is 11.3. The van der Waals surface area contributed by atoms with Crippen molar-refractivity contribution < 1.29 is 18.0 Å². The molecule has 2 atom stereocenters. The van der Waals surface area contributed by atoms with Crippen molar-refractivity contribution in [2.75, 3.05) is 17.1 Å².